The van der Waals surface area contributed by atoms with Gasteiger partial charge in [0, 0.05) is 20.6 Å². The van der Waals surface area contributed by atoms with Gasteiger partial charge in [-0.05, 0) is 11.5 Å². The second-order valence-corrected chi connectivity index (χ2v) is 6.08. The summed E-state index contributed by atoms with van der Waals surface area (Å²) in [6, 6.07) is 10.1. The predicted octanol–water partition coefficient (Wildman–Crippen LogP) is 2.77. The summed E-state index contributed by atoms with van der Waals surface area (Å²) in [6.07, 6.45) is 3.25. The number of hydrogen-bond donors (Lipinski definition) is 1. The second kappa shape index (κ2) is 6.24. The molecule has 1 aliphatic heterocycles. The van der Waals surface area contributed by atoms with Crippen LogP contribution in [0, 0.1) is 5.92 Å². The number of nitrogens with one attached hydrogen (secondary N) is 1. The van der Waals surface area contributed by atoms with Crippen molar-refractivity contribution in [1.82, 2.24) is 14.9 Å². The zero-order chi connectivity index (χ0) is 16.4. The number of urea groups is 1. The fraction of sp³-hybridized carbons (Fsp3) is 0.353. The van der Waals surface area contributed by atoms with Crippen molar-refractivity contribution in [3.8, 4) is 0 Å². The third kappa shape index (κ3) is 3.11. The Bertz CT molecular complexity index is 671. The van der Waals surface area contributed by atoms with Crippen molar-refractivity contribution in [2.75, 3.05) is 30.9 Å². The van der Waals surface area contributed by atoms with E-state index in [-0.39, 0.29) is 12.1 Å². The molecule has 1 N–H and O–H groups in total. The van der Waals surface area contributed by atoms with Crippen molar-refractivity contribution in [3.63, 3.8) is 0 Å². The molecule has 0 radical (unpaired) electrons. The SMILES string of the molecule is C[C@H]1CN(C(=O)Nc2cnc(N(C)C)nc2)[C@@H]1c1ccccc1. The highest BCUT2D eigenvalue weighted by Gasteiger charge is 2.39. The number of anilines is 2. The van der Waals surface area contributed by atoms with E-state index in [9.17, 15) is 4.79 Å². The highest BCUT2D eigenvalue weighted by Crippen LogP contribution is 2.38. The zero-order valence-electron chi connectivity index (χ0n) is 13.6. The molecule has 0 spiro atoms. The topological polar surface area (TPSA) is 61.4 Å². The lowest BCUT2D eigenvalue weighted by atomic mass is 9.85. The van der Waals surface area contributed by atoms with Gasteiger partial charge in [-0.3, -0.25) is 0 Å². The minimum Gasteiger partial charge on any atom is -0.347 e. The molecule has 6 heteroatoms. The van der Waals surface area contributed by atoms with Crippen LogP contribution < -0.4 is 10.2 Å². The van der Waals surface area contributed by atoms with E-state index in [1.807, 2.05) is 42.1 Å². The lowest BCUT2D eigenvalue weighted by Gasteiger charge is -2.46. The summed E-state index contributed by atoms with van der Waals surface area (Å²) in [7, 11) is 3.75. The lowest BCUT2D eigenvalue weighted by Crippen LogP contribution is -2.53. The summed E-state index contributed by atoms with van der Waals surface area (Å²) >= 11 is 0. The van der Waals surface area contributed by atoms with Crippen LogP contribution in [0.1, 0.15) is 18.5 Å². The number of likely N-dealkylation sites (tertiary alicyclic amines) is 1. The molecular weight excluding hydrogens is 290 g/mol. The monoisotopic (exact) mass is 311 g/mol. The third-order valence-corrected chi connectivity index (χ3v) is 4.05. The summed E-state index contributed by atoms with van der Waals surface area (Å²) in [6.45, 7) is 2.92. The molecule has 23 heavy (non-hydrogen) atoms. The summed E-state index contributed by atoms with van der Waals surface area (Å²) in [5, 5.41) is 2.87. The molecular formula is C17H21N5O. The highest BCUT2D eigenvalue weighted by molar-refractivity contribution is 5.90. The first-order valence-corrected chi connectivity index (χ1v) is 7.68. The van der Waals surface area contributed by atoms with Crippen molar-refractivity contribution in [2.45, 2.75) is 13.0 Å². The fourth-order valence-electron chi connectivity index (χ4n) is 2.87. The Labute approximate surface area is 136 Å². The molecule has 1 aromatic carbocycles. The van der Waals surface area contributed by atoms with Gasteiger partial charge in [-0.2, -0.15) is 0 Å². The van der Waals surface area contributed by atoms with Gasteiger partial charge in [0.05, 0.1) is 24.1 Å². The summed E-state index contributed by atoms with van der Waals surface area (Å²) in [5.74, 6) is 1.07. The van der Waals surface area contributed by atoms with E-state index in [2.05, 4.69) is 34.3 Å². The van der Waals surface area contributed by atoms with Crippen LogP contribution >= 0.6 is 0 Å². The van der Waals surface area contributed by atoms with Crippen LogP contribution in [0.15, 0.2) is 42.7 Å². The number of nitrogens with zero attached hydrogens (tertiary/aromatic N) is 4. The van der Waals surface area contributed by atoms with Crippen molar-refractivity contribution in [1.29, 1.82) is 0 Å². The third-order valence-electron chi connectivity index (χ3n) is 4.05. The molecule has 2 heterocycles. The van der Waals surface area contributed by atoms with Crippen molar-refractivity contribution < 1.29 is 4.79 Å². The molecule has 0 bridgehead atoms. The van der Waals surface area contributed by atoms with Crippen LogP contribution in [-0.4, -0.2) is 41.5 Å². The van der Waals surface area contributed by atoms with E-state index >= 15 is 0 Å². The number of rotatable bonds is 3. The Balaban J connectivity index is 1.68. The minimum absolute atomic E-state index is 0.113. The molecule has 2 amide bonds. The average molecular weight is 311 g/mol. The number of amides is 2. The molecule has 0 aliphatic carbocycles. The Morgan fingerprint density at radius 3 is 2.43 bits per heavy atom. The van der Waals surface area contributed by atoms with Crippen molar-refractivity contribution >= 4 is 17.7 Å². The van der Waals surface area contributed by atoms with E-state index in [0.717, 1.165) is 6.54 Å². The van der Waals surface area contributed by atoms with Crippen LogP contribution in [-0.2, 0) is 0 Å². The smallest absolute Gasteiger partial charge is 0.322 e. The Hall–Kier alpha value is -2.63. The van der Waals surface area contributed by atoms with E-state index in [1.165, 1.54) is 5.56 Å². The number of aromatic nitrogens is 2. The molecule has 1 aliphatic rings. The molecule has 3 rings (SSSR count). The summed E-state index contributed by atoms with van der Waals surface area (Å²) in [4.78, 5) is 24.6. The standard InChI is InChI=1S/C17H21N5O/c1-12-11-22(15(12)13-7-5-4-6-8-13)17(23)20-14-9-18-16(19-10-14)21(2)3/h4-10,12,15H,11H2,1-3H3,(H,20,23)/t12-,15-/m0/s1. The van der Waals surface area contributed by atoms with Crippen LogP contribution in [0.4, 0.5) is 16.4 Å². The molecule has 0 unspecified atom stereocenters. The zero-order valence-corrected chi connectivity index (χ0v) is 13.6. The van der Waals surface area contributed by atoms with Crippen LogP contribution in [0.5, 0.6) is 0 Å². The van der Waals surface area contributed by atoms with Gasteiger partial charge in [0.1, 0.15) is 0 Å². The molecule has 2 aromatic rings. The summed E-state index contributed by atoms with van der Waals surface area (Å²) < 4.78 is 0. The molecule has 1 saturated heterocycles. The van der Waals surface area contributed by atoms with Gasteiger partial charge >= 0.3 is 6.03 Å². The number of carbonyl (C=O) groups excluding carboxylic acids is 1. The van der Waals surface area contributed by atoms with Gasteiger partial charge in [0.2, 0.25) is 5.95 Å². The molecule has 120 valence electrons. The first kappa shape index (κ1) is 15.3. The lowest BCUT2D eigenvalue weighted by molar-refractivity contribution is 0.0671. The number of carbonyl (C=O) groups is 1. The van der Waals surface area contributed by atoms with Gasteiger partial charge in [-0.15, -0.1) is 0 Å². The fourth-order valence-corrected chi connectivity index (χ4v) is 2.87. The Morgan fingerprint density at radius 2 is 1.87 bits per heavy atom. The average Bonchev–Trinajstić information content (AvgIpc) is 2.54. The normalized spacial score (nSPS) is 19.9. The van der Waals surface area contributed by atoms with Crippen LogP contribution in [0.25, 0.3) is 0 Å². The highest BCUT2D eigenvalue weighted by atomic mass is 16.2. The van der Waals surface area contributed by atoms with E-state index in [1.54, 1.807) is 12.4 Å². The maximum absolute atomic E-state index is 12.5. The molecule has 2 atom stereocenters. The predicted molar refractivity (Wildman–Crippen MR) is 90.4 cm³/mol. The Kier molecular flexibility index (Phi) is 4.14. The van der Waals surface area contributed by atoms with Gasteiger partial charge < -0.3 is 15.1 Å². The first-order valence-electron chi connectivity index (χ1n) is 7.68. The first-order chi connectivity index (χ1) is 11.1. The van der Waals surface area contributed by atoms with Gasteiger partial charge in [-0.25, -0.2) is 14.8 Å². The quantitative estimate of drug-likeness (QED) is 0.947. The number of hydrogen-bond acceptors (Lipinski definition) is 4. The van der Waals surface area contributed by atoms with Crippen molar-refractivity contribution in [3.05, 3.63) is 48.3 Å². The molecule has 1 aromatic heterocycles. The molecule has 6 nitrogen and oxygen atoms in total. The van der Waals surface area contributed by atoms with Crippen molar-refractivity contribution in [2.24, 2.45) is 5.92 Å². The number of benzene rings is 1. The second-order valence-electron chi connectivity index (χ2n) is 6.08. The molecule has 1 fully saturated rings. The van der Waals surface area contributed by atoms with Gasteiger partial charge in [0.25, 0.3) is 0 Å². The van der Waals surface area contributed by atoms with Crippen LogP contribution in [0.2, 0.25) is 0 Å². The van der Waals surface area contributed by atoms with Crippen LogP contribution in [0.3, 0.4) is 0 Å². The maximum Gasteiger partial charge on any atom is 0.322 e. The summed E-state index contributed by atoms with van der Waals surface area (Å²) in [5.41, 5.74) is 1.77. The maximum atomic E-state index is 12.5. The minimum atomic E-state index is -0.113. The van der Waals surface area contributed by atoms with Gasteiger partial charge in [-0.1, -0.05) is 37.3 Å². The van der Waals surface area contributed by atoms with E-state index in [4.69, 9.17) is 0 Å². The Morgan fingerprint density at radius 1 is 1.22 bits per heavy atom. The largest absolute Gasteiger partial charge is 0.347 e. The van der Waals surface area contributed by atoms with Gasteiger partial charge in [0.15, 0.2) is 0 Å². The van der Waals surface area contributed by atoms with E-state index < -0.39 is 0 Å². The van der Waals surface area contributed by atoms with E-state index in [0.29, 0.717) is 17.6 Å². The molecule has 0 saturated carbocycles.